The van der Waals surface area contributed by atoms with Crippen LogP contribution in [0, 0.1) is 24.8 Å². The number of nitrogens with zero attached hydrogens (tertiary/aromatic N) is 2. The Labute approximate surface area is 128 Å². The fourth-order valence-electron chi connectivity index (χ4n) is 1.03. The van der Waals surface area contributed by atoms with Gasteiger partial charge < -0.3 is 0 Å². The monoisotopic (exact) mass is 314 g/mol. The van der Waals surface area contributed by atoms with Crippen LogP contribution in [0.4, 0.5) is 20.2 Å². The molecule has 0 spiro atoms. The van der Waals surface area contributed by atoms with Crippen molar-refractivity contribution in [3.05, 3.63) is 83.0 Å². The SMILES string of the molecule is Cl.Cl.[C-]#[N+]c1ccc(F)cc1.[C-]#[N+]c1ccc(F)cc1. The van der Waals surface area contributed by atoms with Gasteiger partial charge in [-0.1, -0.05) is 24.3 Å². The summed E-state index contributed by atoms with van der Waals surface area (Å²) in [6.07, 6.45) is 0. The minimum atomic E-state index is -0.303. The van der Waals surface area contributed by atoms with Gasteiger partial charge in [0, 0.05) is 0 Å². The first-order chi connectivity index (χ1) is 8.65. The molecule has 2 rings (SSSR count). The summed E-state index contributed by atoms with van der Waals surface area (Å²) in [5.41, 5.74) is 0.938. The highest BCUT2D eigenvalue weighted by molar-refractivity contribution is 5.85. The molecule has 0 unspecified atom stereocenters. The van der Waals surface area contributed by atoms with Crippen LogP contribution in [0.25, 0.3) is 9.69 Å². The Morgan fingerprint density at radius 2 is 0.850 bits per heavy atom. The Kier molecular flexibility index (Phi) is 10.9. The first-order valence-electron chi connectivity index (χ1n) is 4.92. The molecule has 0 fully saturated rings. The minimum absolute atomic E-state index is 0. The van der Waals surface area contributed by atoms with Gasteiger partial charge >= 0.3 is 0 Å². The summed E-state index contributed by atoms with van der Waals surface area (Å²) in [5, 5.41) is 0. The number of benzene rings is 2. The van der Waals surface area contributed by atoms with Crippen molar-refractivity contribution in [2.24, 2.45) is 0 Å². The molecule has 0 bridgehead atoms. The van der Waals surface area contributed by atoms with Gasteiger partial charge in [-0.15, -0.1) is 24.8 Å². The molecule has 2 nitrogen and oxygen atoms in total. The Morgan fingerprint density at radius 1 is 0.600 bits per heavy atom. The third-order valence-electron chi connectivity index (χ3n) is 1.91. The molecule has 0 saturated carbocycles. The first kappa shape index (κ1) is 20.2. The van der Waals surface area contributed by atoms with Crippen molar-refractivity contribution in [2.75, 3.05) is 0 Å². The van der Waals surface area contributed by atoms with Crippen LogP contribution in [0.2, 0.25) is 0 Å². The van der Waals surface area contributed by atoms with Crippen molar-refractivity contribution < 1.29 is 8.78 Å². The number of halogens is 4. The van der Waals surface area contributed by atoms with Crippen molar-refractivity contribution in [1.82, 2.24) is 0 Å². The van der Waals surface area contributed by atoms with E-state index in [2.05, 4.69) is 9.69 Å². The molecule has 20 heavy (non-hydrogen) atoms. The molecule has 0 heterocycles. The Bertz CT molecular complexity index is 529. The summed E-state index contributed by atoms with van der Waals surface area (Å²) in [4.78, 5) is 6.19. The predicted molar refractivity (Wildman–Crippen MR) is 79.8 cm³/mol. The number of hydrogen-bond acceptors (Lipinski definition) is 0. The van der Waals surface area contributed by atoms with Crippen LogP contribution in [0.1, 0.15) is 0 Å². The van der Waals surface area contributed by atoms with Crippen molar-refractivity contribution in [3.8, 4) is 0 Å². The quantitative estimate of drug-likeness (QED) is 0.560. The Morgan fingerprint density at radius 3 is 1.05 bits per heavy atom. The van der Waals surface area contributed by atoms with Crippen molar-refractivity contribution in [1.29, 1.82) is 0 Å². The van der Waals surface area contributed by atoms with E-state index < -0.39 is 0 Å². The van der Waals surface area contributed by atoms with E-state index in [0.717, 1.165) is 0 Å². The summed E-state index contributed by atoms with van der Waals surface area (Å²) in [6.45, 7) is 13.0. The smallest absolute Gasteiger partial charge is 0.187 e. The van der Waals surface area contributed by atoms with Crippen molar-refractivity contribution >= 4 is 36.2 Å². The summed E-state index contributed by atoms with van der Waals surface area (Å²) in [7, 11) is 0. The Balaban J connectivity index is 0. The maximum Gasteiger partial charge on any atom is 0.187 e. The average Bonchev–Trinajstić information content (AvgIpc) is 2.41. The first-order valence-corrected chi connectivity index (χ1v) is 4.92. The average molecular weight is 315 g/mol. The normalized spacial score (nSPS) is 7.60. The van der Waals surface area contributed by atoms with Crippen LogP contribution >= 0.6 is 24.8 Å². The minimum Gasteiger partial charge on any atom is -0.238 e. The van der Waals surface area contributed by atoms with Crippen LogP contribution in [-0.2, 0) is 0 Å². The molecular formula is C14H10Cl2F2N2. The van der Waals surface area contributed by atoms with Crippen LogP contribution in [0.5, 0.6) is 0 Å². The number of rotatable bonds is 0. The van der Waals surface area contributed by atoms with Gasteiger partial charge in [0.15, 0.2) is 11.4 Å². The molecule has 0 aliphatic carbocycles. The molecule has 0 amide bonds. The van der Waals surface area contributed by atoms with E-state index >= 15 is 0 Å². The topological polar surface area (TPSA) is 8.72 Å². The lowest BCUT2D eigenvalue weighted by Gasteiger charge is -1.85. The molecule has 0 atom stereocenters. The van der Waals surface area contributed by atoms with E-state index in [9.17, 15) is 8.78 Å². The van der Waals surface area contributed by atoms with Gasteiger partial charge in [-0.25, -0.2) is 18.5 Å². The Hall–Kier alpha value is -2.14. The maximum absolute atomic E-state index is 12.1. The van der Waals surface area contributed by atoms with E-state index in [4.69, 9.17) is 13.1 Å². The third kappa shape index (κ3) is 7.33. The van der Waals surface area contributed by atoms with Gasteiger partial charge in [0.05, 0.1) is 13.1 Å². The molecule has 0 aliphatic heterocycles. The zero-order valence-corrected chi connectivity index (χ0v) is 11.7. The van der Waals surface area contributed by atoms with Gasteiger partial charge in [0.25, 0.3) is 0 Å². The third-order valence-corrected chi connectivity index (χ3v) is 1.91. The molecule has 0 saturated heterocycles. The van der Waals surface area contributed by atoms with Crippen LogP contribution in [0.15, 0.2) is 48.5 Å². The van der Waals surface area contributed by atoms with Gasteiger partial charge in [0.2, 0.25) is 0 Å². The second-order valence-corrected chi connectivity index (χ2v) is 3.18. The van der Waals surface area contributed by atoms with E-state index in [0.29, 0.717) is 11.4 Å². The van der Waals surface area contributed by atoms with E-state index in [1.165, 1.54) is 48.5 Å². The second-order valence-electron chi connectivity index (χ2n) is 3.18. The lowest BCUT2D eigenvalue weighted by molar-refractivity contribution is 0.627. The van der Waals surface area contributed by atoms with Gasteiger partial charge in [-0.2, -0.15) is 0 Å². The zero-order valence-electron chi connectivity index (χ0n) is 10.1. The van der Waals surface area contributed by atoms with Gasteiger partial charge in [0.1, 0.15) is 11.6 Å². The lowest BCUT2D eigenvalue weighted by atomic mass is 10.3. The molecular weight excluding hydrogens is 305 g/mol. The molecule has 2 aromatic carbocycles. The summed E-state index contributed by atoms with van der Waals surface area (Å²) < 4.78 is 24.2. The highest BCUT2D eigenvalue weighted by Crippen LogP contribution is 2.11. The maximum atomic E-state index is 12.1. The fraction of sp³-hybridized carbons (Fsp3) is 0. The van der Waals surface area contributed by atoms with Crippen LogP contribution in [-0.4, -0.2) is 0 Å². The van der Waals surface area contributed by atoms with Gasteiger partial charge in [-0.3, -0.25) is 0 Å². The fourth-order valence-corrected chi connectivity index (χ4v) is 1.03. The summed E-state index contributed by atoms with van der Waals surface area (Å²) in [5.74, 6) is -0.607. The van der Waals surface area contributed by atoms with E-state index in [-0.39, 0.29) is 36.4 Å². The van der Waals surface area contributed by atoms with Crippen molar-refractivity contribution in [3.63, 3.8) is 0 Å². The second kappa shape index (κ2) is 10.8. The lowest BCUT2D eigenvalue weighted by Crippen LogP contribution is -1.66. The van der Waals surface area contributed by atoms with Crippen LogP contribution < -0.4 is 0 Å². The van der Waals surface area contributed by atoms with Crippen LogP contribution in [0.3, 0.4) is 0 Å². The summed E-state index contributed by atoms with van der Waals surface area (Å²) in [6, 6.07) is 10.9. The molecule has 104 valence electrons. The van der Waals surface area contributed by atoms with Crippen molar-refractivity contribution in [2.45, 2.75) is 0 Å². The molecule has 0 N–H and O–H groups in total. The molecule has 0 aromatic heterocycles. The molecule has 0 radical (unpaired) electrons. The van der Waals surface area contributed by atoms with Gasteiger partial charge in [-0.05, 0) is 24.3 Å². The van der Waals surface area contributed by atoms with E-state index in [1.807, 2.05) is 0 Å². The molecule has 2 aromatic rings. The summed E-state index contributed by atoms with van der Waals surface area (Å²) >= 11 is 0. The predicted octanol–water partition coefficient (Wildman–Crippen LogP) is 5.60. The highest BCUT2D eigenvalue weighted by Gasteiger charge is 1.88. The zero-order chi connectivity index (χ0) is 13.4. The number of hydrogen-bond donors (Lipinski definition) is 0. The largest absolute Gasteiger partial charge is 0.238 e. The van der Waals surface area contributed by atoms with E-state index in [1.54, 1.807) is 0 Å². The standard InChI is InChI=1S/2C7H4FN.2ClH/c2*1-9-7-4-2-6(8)3-5-7;;/h2*2-5H;2*1H. The molecule has 0 aliphatic rings. The highest BCUT2D eigenvalue weighted by atomic mass is 35.5. The molecule has 6 heteroatoms.